The second-order valence-corrected chi connectivity index (χ2v) is 3.72. The van der Waals surface area contributed by atoms with Crippen molar-refractivity contribution < 1.29 is 10.2 Å². The number of aromatic hydroxyl groups is 2. The summed E-state index contributed by atoms with van der Waals surface area (Å²) in [5.74, 6) is -0.0122. The molecule has 2 rings (SSSR count). The molecule has 0 radical (unpaired) electrons. The number of rotatable bonds is 1. The van der Waals surface area contributed by atoms with Crippen molar-refractivity contribution in [2.75, 3.05) is 6.54 Å². The molecule has 0 aliphatic carbocycles. The maximum Gasteiger partial charge on any atom is 0.162 e. The predicted octanol–water partition coefficient (Wildman–Crippen LogP) is 1.91. The summed E-state index contributed by atoms with van der Waals surface area (Å²) in [6, 6.07) is 5.32. The van der Waals surface area contributed by atoms with Crippen LogP contribution in [0.1, 0.15) is 30.9 Å². The Morgan fingerprint density at radius 1 is 1.21 bits per heavy atom. The molecule has 0 saturated carbocycles. The molecule has 1 aliphatic rings. The molecule has 3 heteroatoms. The third kappa shape index (κ3) is 1.68. The fourth-order valence-corrected chi connectivity index (χ4v) is 1.95. The molecule has 1 saturated heterocycles. The van der Waals surface area contributed by atoms with Crippen molar-refractivity contribution in [1.82, 2.24) is 5.32 Å². The minimum atomic E-state index is -0.0325. The van der Waals surface area contributed by atoms with Crippen molar-refractivity contribution in [3.8, 4) is 11.5 Å². The molecule has 0 bridgehead atoms. The van der Waals surface area contributed by atoms with E-state index in [4.69, 9.17) is 0 Å². The number of benzene rings is 1. The highest BCUT2D eigenvalue weighted by atomic mass is 16.3. The van der Waals surface area contributed by atoms with E-state index in [1.54, 1.807) is 6.07 Å². The number of para-hydroxylation sites is 1. The summed E-state index contributed by atoms with van der Waals surface area (Å²) in [6.45, 7) is 0.986. The smallest absolute Gasteiger partial charge is 0.162 e. The van der Waals surface area contributed by atoms with Gasteiger partial charge in [0.1, 0.15) is 0 Å². The molecular weight excluding hydrogens is 178 g/mol. The van der Waals surface area contributed by atoms with Gasteiger partial charge in [0.25, 0.3) is 0 Å². The first-order valence-corrected chi connectivity index (χ1v) is 5.03. The Morgan fingerprint density at radius 2 is 2.07 bits per heavy atom. The van der Waals surface area contributed by atoms with Crippen molar-refractivity contribution in [2.24, 2.45) is 0 Å². The third-order valence-corrected chi connectivity index (χ3v) is 2.73. The van der Waals surface area contributed by atoms with E-state index in [-0.39, 0.29) is 17.5 Å². The van der Waals surface area contributed by atoms with Gasteiger partial charge in [0.05, 0.1) is 0 Å². The van der Waals surface area contributed by atoms with Crippen molar-refractivity contribution in [3.63, 3.8) is 0 Å². The van der Waals surface area contributed by atoms with E-state index in [0.717, 1.165) is 18.5 Å². The van der Waals surface area contributed by atoms with Crippen LogP contribution in [0.4, 0.5) is 0 Å². The van der Waals surface area contributed by atoms with Gasteiger partial charge in [-0.25, -0.2) is 0 Å². The molecule has 76 valence electrons. The first-order valence-electron chi connectivity index (χ1n) is 5.03. The summed E-state index contributed by atoms with van der Waals surface area (Å²) in [5.41, 5.74) is 0.810. The first-order chi connectivity index (χ1) is 6.79. The standard InChI is InChI=1S/C11H15NO2/c13-10-6-3-4-8(11(10)14)9-5-1-2-7-12-9/h3-4,6,9,12-14H,1-2,5,7H2/t9-/m1/s1. The molecule has 1 atom stereocenters. The largest absolute Gasteiger partial charge is 0.504 e. The van der Waals surface area contributed by atoms with E-state index < -0.39 is 0 Å². The average Bonchev–Trinajstić information content (AvgIpc) is 2.23. The summed E-state index contributed by atoms with van der Waals surface area (Å²) >= 11 is 0. The highest BCUT2D eigenvalue weighted by molar-refractivity contribution is 5.45. The third-order valence-electron chi connectivity index (χ3n) is 2.73. The van der Waals surface area contributed by atoms with Crippen LogP contribution in [0.2, 0.25) is 0 Å². The SMILES string of the molecule is Oc1cccc([C@H]2CCCCN2)c1O. The molecular formula is C11H15NO2. The van der Waals surface area contributed by atoms with E-state index in [1.165, 1.54) is 18.9 Å². The normalized spacial score (nSPS) is 22.1. The van der Waals surface area contributed by atoms with Crippen molar-refractivity contribution >= 4 is 0 Å². The van der Waals surface area contributed by atoms with Crippen LogP contribution in [0.15, 0.2) is 18.2 Å². The van der Waals surface area contributed by atoms with E-state index in [0.29, 0.717) is 0 Å². The molecule has 0 spiro atoms. The summed E-state index contributed by atoms with van der Waals surface area (Å²) in [6.07, 6.45) is 3.39. The number of hydrogen-bond acceptors (Lipinski definition) is 3. The van der Waals surface area contributed by atoms with Gasteiger partial charge in [0, 0.05) is 11.6 Å². The summed E-state index contributed by atoms with van der Waals surface area (Å²) in [4.78, 5) is 0. The van der Waals surface area contributed by atoms with Gasteiger partial charge < -0.3 is 15.5 Å². The van der Waals surface area contributed by atoms with Gasteiger partial charge in [0.2, 0.25) is 0 Å². The molecule has 3 nitrogen and oxygen atoms in total. The Morgan fingerprint density at radius 3 is 2.79 bits per heavy atom. The molecule has 0 unspecified atom stereocenters. The predicted molar refractivity (Wildman–Crippen MR) is 54.4 cm³/mol. The lowest BCUT2D eigenvalue weighted by Crippen LogP contribution is -2.26. The number of hydrogen-bond donors (Lipinski definition) is 3. The van der Waals surface area contributed by atoms with Crippen LogP contribution in [-0.2, 0) is 0 Å². The lowest BCUT2D eigenvalue weighted by atomic mass is 9.96. The maximum absolute atomic E-state index is 9.66. The molecule has 1 aromatic carbocycles. The zero-order valence-electron chi connectivity index (χ0n) is 8.03. The van der Waals surface area contributed by atoms with Crippen molar-refractivity contribution in [3.05, 3.63) is 23.8 Å². The van der Waals surface area contributed by atoms with Gasteiger partial charge >= 0.3 is 0 Å². The molecule has 1 aromatic rings. The second-order valence-electron chi connectivity index (χ2n) is 3.72. The maximum atomic E-state index is 9.66. The Labute approximate surface area is 83.4 Å². The Kier molecular flexibility index (Phi) is 2.59. The lowest BCUT2D eigenvalue weighted by molar-refractivity contribution is 0.369. The van der Waals surface area contributed by atoms with Crippen molar-refractivity contribution in [1.29, 1.82) is 0 Å². The van der Waals surface area contributed by atoms with Crippen LogP contribution in [0.5, 0.6) is 11.5 Å². The summed E-state index contributed by atoms with van der Waals surface area (Å²) in [7, 11) is 0. The molecule has 3 N–H and O–H groups in total. The Hall–Kier alpha value is -1.22. The van der Waals surface area contributed by atoms with Crippen LogP contribution in [-0.4, -0.2) is 16.8 Å². The van der Waals surface area contributed by atoms with Gasteiger partial charge in [-0.05, 0) is 25.5 Å². The first kappa shape index (κ1) is 9.34. The number of phenolic OH excluding ortho intramolecular Hbond substituents is 2. The van der Waals surface area contributed by atoms with Crippen LogP contribution in [0, 0.1) is 0 Å². The molecule has 1 aliphatic heterocycles. The molecule has 0 aromatic heterocycles. The molecule has 14 heavy (non-hydrogen) atoms. The van der Waals surface area contributed by atoms with E-state index in [1.807, 2.05) is 6.07 Å². The number of nitrogens with one attached hydrogen (secondary N) is 1. The van der Waals surface area contributed by atoms with E-state index >= 15 is 0 Å². The fourth-order valence-electron chi connectivity index (χ4n) is 1.95. The average molecular weight is 193 g/mol. The van der Waals surface area contributed by atoms with Gasteiger partial charge in [-0.2, -0.15) is 0 Å². The molecule has 1 fully saturated rings. The highest BCUT2D eigenvalue weighted by Crippen LogP contribution is 2.35. The zero-order valence-corrected chi connectivity index (χ0v) is 8.03. The second kappa shape index (κ2) is 3.88. The molecule has 1 heterocycles. The van der Waals surface area contributed by atoms with Crippen LogP contribution in [0.3, 0.4) is 0 Å². The van der Waals surface area contributed by atoms with Crippen LogP contribution in [0.25, 0.3) is 0 Å². The number of phenols is 2. The zero-order chi connectivity index (χ0) is 9.97. The lowest BCUT2D eigenvalue weighted by Gasteiger charge is -2.24. The molecule has 0 amide bonds. The number of piperidine rings is 1. The monoisotopic (exact) mass is 193 g/mol. The van der Waals surface area contributed by atoms with Gasteiger partial charge in [-0.1, -0.05) is 18.6 Å². The minimum absolute atomic E-state index is 0.0203. The summed E-state index contributed by atoms with van der Waals surface area (Å²) in [5, 5.41) is 22.3. The quantitative estimate of drug-likeness (QED) is 0.597. The van der Waals surface area contributed by atoms with Crippen LogP contribution < -0.4 is 5.32 Å². The van der Waals surface area contributed by atoms with Gasteiger partial charge in [-0.3, -0.25) is 0 Å². The summed E-state index contributed by atoms with van der Waals surface area (Å²) < 4.78 is 0. The fraction of sp³-hybridized carbons (Fsp3) is 0.455. The minimum Gasteiger partial charge on any atom is -0.504 e. The highest BCUT2D eigenvalue weighted by Gasteiger charge is 2.18. The van der Waals surface area contributed by atoms with Crippen LogP contribution >= 0.6 is 0 Å². The van der Waals surface area contributed by atoms with Gasteiger partial charge in [-0.15, -0.1) is 0 Å². The Bertz CT molecular complexity index is 319. The van der Waals surface area contributed by atoms with Crippen molar-refractivity contribution in [2.45, 2.75) is 25.3 Å². The van der Waals surface area contributed by atoms with E-state index in [9.17, 15) is 10.2 Å². The topological polar surface area (TPSA) is 52.5 Å². The van der Waals surface area contributed by atoms with Gasteiger partial charge in [0.15, 0.2) is 11.5 Å². The Balaban J connectivity index is 2.26. The van der Waals surface area contributed by atoms with E-state index in [2.05, 4.69) is 5.32 Å².